The molecule has 0 atom stereocenters. The molecule has 0 aliphatic heterocycles. The van der Waals surface area contributed by atoms with Crippen molar-refractivity contribution in [1.82, 2.24) is 0 Å². The van der Waals surface area contributed by atoms with Crippen LogP contribution in [-0.2, 0) is 21.8 Å². The molecule has 0 N–H and O–H groups in total. The number of esters is 1. The summed E-state index contributed by atoms with van der Waals surface area (Å²) in [6, 6.07) is 4.27. The second-order valence-corrected chi connectivity index (χ2v) is 4.00. The van der Waals surface area contributed by atoms with Gasteiger partial charge in [-0.3, -0.25) is 4.79 Å². The molecule has 1 rings (SSSR count). The number of carbonyl (C=O) groups excluding carboxylic acids is 1. The number of carbonyl (C=O) groups is 1. The molecule has 0 heterocycles. The van der Waals surface area contributed by atoms with Gasteiger partial charge in [0.1, 0.15) is 0 Å². The van der Waals surface area contributed by atoms with Crippen LogP contribution in [-0.4, -0.2) is 12.6 Å². The van der Waals surface area contributed by atoms with Crippen LogP contribution in [0.3, 0.4) is 0 Å². The minimum atomic E-state index is -2.75. The van der Waals surface area contributed by atoms with Crippen LogP contribution in [0.1, 0.15) is 35.6 Å². The third kappa shape index (κ3) is 3.90. The molecule has 6 heteroatoms. The lowest BCUT2D eigenvalue weighted by molar-refractivity contribution is -0.142. The second-order valence-electron chi connectivity index (χ2n) is 3.73. The summed E-state index contributed by atoms with van der Waals surface area (Å²) in [6.45, 7) is 1.85. The normalized spacial score (nSPS) is 10.3. The van der Waals surface area contributed by atoms with Crippen LogP contribution in [0.25, 0.3) is 0 Å². The molecule has 1 aromatic rings. The van der Waals surface area contributed by atoms with E-state index in [0.717, 1.165) is 6.07 Å². The van der Waals surface area contributed by atoms with Gasteiger partial charge in [-0.2, -0.15) is 5.26 Å². The van der Waals surface area contributed by atoms with Gasteiger partial charge in [0, 0.05) is 11.4 Å². The van der Waals surface area contributed by atoms with E-state index in [1.54, 1.807) is 13.0 Å². The molecule has 3 nitrogen and oxygen atoms in total. The number of alkyl halides is 3. The summed E-state index contributed by atoms with van der Waals surface area (Å²) in [5.74, 6) is -0.690. The van der Waals surface area contributed by atoms with Gasteiger partial charge in [0.2, 0.25) is 0 Å². The van der Waals surface area contributed by atoms with Crippen molar-refractivity contribution in [3.05, 3.63) is 34.4 Å². The number of benzene rings is 1. The highest BCUT2D eigenvalue weighted by Gasteiger charge is 2.19. The first-order chi connectivity index (χ1) is 9.03. The Labute approximate surface area is 114 Å². The summed E-state index contributed by atoms with van der Waals surface area (Å²) in [4.78, 5) is 11.4. The van der Waals surface area contributed by atoms with Gasteiger partial charge in [-0.05, 0) is 30.2 Å². The zero-order chi connectivity index (χ0) is 14.4. The summed E-state index contributed by atoms with van der Waals surface area (Å²) in [6.07, 6.45) is -2.92. The zero-order valence-corrected chi connectivity index (χ0v) is 11.0. The van der Waals surface area contributed by atoms with E-state index in [1.165, 1.54) is 6.07 Å². The largest absolute Gasteiger partial charge is 0.466 e. The smallest absolute Gasteiger partial charge is 0.310 e. The van der Waals surface area contributed by atoms with Gasteiger partial charge in [0.05, 0.1) is 24.7 Å². The average Bonchev–Trinajstić information content (AvgIpc) is 2.37. The Hall–Kier alpha value is -1.67. The van der Waals surface area contributed by atoms with E-state index >= 15 is 0 Å². The van der Waals surface area contributed by atoms with E-state index < -0.39 is 12.4 Å². The molecule has 102 valence electrons. The van der Waals surface area contributed by atoms with E-state index in [-0.39, 0.29) is 35.6 Å². The molecule has 0 radical (unpaired) electrons. The van der Waals surface area contributed by atoms with Crippen molar-refractivity contribution < 1.29 is 18.3 Å². The van der Waals surface area contributed by atoms with Crippen molar-refractivity contribution in [1.29, 1.82) is 5.26 Å². The Morgan fingerprint density at radius 2 is 2.21 bits per heavy atom. The molecule has 0 bridgehead atoms. The quantitative estimate of drug-likeness (QED) is 0.616. The van der Waals surface area contributed by atoms with Gasteiger partial charge in [0.15, 0.2) is 0 Å². The Morgan fingerprint density at radius 1 is 1.53 bits per heavy atom. The molecule has 0 saturated heterocycles. The molecular formula is C13H12ClF2NO2. The Balaban J connectivity index is 3.24. The molecule has 0 aliphatic carbocycles. The van der Waals surface area contributed by atoms with Crippen LogP contribution in [0.5, 0.6) is 0 Å². The maximum absolute atomic E-state index is 12.9. The molecule has 0 amide bonds. The van der Waals surface area contributed by atoms with E-state index in [2.05, 4.69) is 0 Å². The predicted molar refractivity (Wildman–Crippen MR) is 66.0 cm³/mol. The molecule has 0 aromatic heterocycles. The molecular weight excluding hydrogens is 276 g/mol. The molecule has 0 spiro atoms. The number of hydrogen-bond donors (Lipinski definition) is 0. The van der Waals surface area contributed by atoms with Crippen LogP contribution < -0.4 is 0 Å². The summed E-state index contributed by atoms with van der Waals surface area (Å²) in [7, 11) is 0. The van der Waals surface area contributed by atoms with E-state index in [9.17, 15) is 13.6 Å². The van der Waals surface area contributed by atoms with E-state index in [4.69, 9.17) is 21.6 Å². The summed E-state index contributed by atoms with van der Waals surface area (Å²) < 4.78 is 30.6. The number of rotatable bonds is 5. The summed E-state index contributed by atoms with van der Waals surface area (Å²) >= 11 is 5.67. The fraction of sp³-hybridized carbons (Fsp3) is 0.385. The van der Waals surface area contributed by atoms with Crippen LogP contribution in [0, 0.1) is 11.3 Å². The number of ether oxygens (including phenoxy) is 1. The van der Waals surface area contributed by atoms with Gasteiger partial charge < -0.3 is 4.74 Å². The van der Waals surface area contributed by atoms with Crippen LogP contribution in [0.15, 0.2) is 12.1 Å². The van der Waals surface area contributed by atoms with Gasteiger partial charge in [-0.1, -0.05) is 0 Å². The van der Waals surface area contributed by atoms with Crippen LogP contribution in [0.4, 0.5) is 8.78 Å². The standard InChI is InChI=1S/C13H12ClF2NO2/c1-2-19-12(18)5-9-3-8(7-17)4-10(13(15)16)11(9)6-14/h3-4,13H,2,5-6H2,1H3. The fourth-order valence-electron chi connectivity index (χ4n) is 1.70. The maximum Gasteiger partial charge on any atom is 0.310 e. The Morgan fingerprint density at radius 3 is 2.68 bits per heavy atom. The topological polar surface area (TPSA) is 50.1 Å². The molecule has 0 unspecified atom stereocenters. The van der Waals surface area contributed by atoms with Crippen LogP contribution in [0.2, 0.25) is 0 Å². The highest BCUT2D eigenvalue weighted by atomic mass is 35.5. The summed E-state index contributed by atoms with van der Waals surface area (Å²) in [5.41, 5.74) is 0.253. The zero-order valence-electron chi connectivity index (χ0n) is 10.3. The molecule has 0 aliphatic rings. The third-order valence-corrected chi connectivity index (χ3v) is 2.78. The van der Waals surface area contributed by atoms with E-state index in [0.29, 0.717) is 5.56 Å². The van der Waals surface area contributed by atoms with Gasteiger partial charge in [0.25, 0.3) is 6.43 Å². The lowest BCUT2D eigenvalue weighted by atomic mass is 9.97. The van der Waals surface area contributed by atoms with Crippen molar-refractivity contribution in [2.75, 3.05) is 6.61 Å². The highest BCUT2D eigenvalue weighted by Crippen LogP contribution is 2.29. The minimum Gasteiger partial charge on any atom is -0.466 e. The second kappa shape index (κ2) is 7.05. The van der Waals surface area contributed by atoms with Crippen molar-refractivity contribution in [3.8, 4) is 6.07 Å². The van der Waals surface area contributed by atoms with Gasteiger partial charge in [-0.15, -0.1) is 11.6 Å². The lowest BCUT2D eigenvalue weighted by Gasteiger charge is -2.13. The molecule has 19 heavy (non-hydrogen) atoms. The molecule has 0 fully saturated rings. The van der Waals surface area contributed by atoms with Crippen molar-refractivity contribution in [3.63, 3.8) is 0 Å². The highest BCUT2D eigenvalue weighted by molar-refractivity contribution is 6.17. The van der Waals surface area contributed by atoms with Crippen LogP contribution >= 0.6 is 11.6 Å². The van der Waals surface area contributed by atoms with Crippen molar-refractivity contribution in [2.45, 2.75) is 25.7 Å². The van der Waals surface area contributed by atoms with Crippen molar-refractivity contribution in [2.24, 2.45) is 0 Å². The fourth-order valence-corrected chi connectivity index (χ4v) is 2.03. The maximum atomic E-state index is 12.9. The summed E-state index contributed by atoms with van der Waals surface area (Å²) in [5, 5.41) is 8.83. The Kier molecular flexibility index (Phi) is 5.71. The SMILES string of the molecule is CCOC(=O)Cc1cc(C#N)cc(C(F)F)c1CCl. The Bertz CT molecular complexity index is 512. The third-order valence-electron chi connectivity index (χ3n) is 2.51. The van der Waals surface area contributed by atoms with Gasteiger partial charge >= 0.3 is 5.97 Å². The first kappa shape index (κ1) is 15.4. The molecule has 1 aromatic carbocycles. The number of halogens is 3. The molecule has 0 saturated carbocycles. The number of nitrogens with zero attached hydrogens (tertiary/aromatic N) is 1. The lowest BCUT2D eigenvalue weighted by Crippen LogP contribution is -2.11. The first-order valence-electron chi connectivity index (χ1n) is 5.59. The average molecular weight is 288 g/mol. The number of hydrogen-bond acceptors (Lipinski definition) is 3. The number of nitriles is 1. The van der Waals surface area contributed by atoms with Gasteiger partial charge in [-0.25, -0.2) is 8.78 Å². The van der Waals surface area contributed by atoms with E-state index in [1.807, 2.05) is 0 Å². The monoisotopic (exact) mass is 287 g/mol. The first-order valence-corrected chi connectivity index (χ1v) is 6.12. The predicted octanol–water partition coefficient (Wildman–Crippen LogP) is 3.34. The van der Waals surface area contributed by atoms with Crippen molar-refractivity contribution >= 4 is 17.6 Å². The minimum absolute atomic E-state index is 0.0727.